The van der Waals surface area contributed by atoms with E-state index < -0.39 is 54.0 Å². The maximum absolute atomic E-state index is 14.2. The first-order chi connectivity index (χ1) is 20.8. The van der Waals surface area contributed by atoms with Gasteiger partial charge in [-0.1, -0.05) is 78.9 Å². The molecule has 9 nitrogen and oxygen atoms in total. The van der Waals surface area contributed by atoms with Crippen LogP contribution in [0.4, 0.5) is 5.69 Å². The van der Waals surface area contributed by atoms with Crippen LogP contribution in [0.5, 0.6) is 0 Å². The molecule has 3 aromatic rings. The number of anilines is 1. The van der Waals surface area contributed by atoms with Crippen LogP contribution >= 0.6 is 0 Å². The van der Waals surface area contributed by atoms with E-state index in [2.05, 4.69) is 0 Å². The molecule has 220 valence electrons. The molecule has 6 atom stereocenters. The number of hydrogen-bond donors (Lipinski definition) is 0. The highest BCUT2D eigenvalue weighted by atomic mass is 16.8. The lowest BCUT2D eigenvalue weighted by Gasteiger charge is -2.33. The molecule has 4 aliphatic rings. The third kappa shape index (κ3) is 4.93. The quantitative estimate of drug-likeness (QED) is 0.304. The Bertz CT molecular complexity index is 1560. The number of rotatable bonds is 7. The molecule has 0 aromatic heterocycles. The van der Waals surface area contributed by atoms with Gasteiger partial charge in [0.2, 0.25) is 18.1 Å². The number of carbonyl (C=O) groups excluding carboxylic acids is 3. The third-order valence-electron chi connectivity index (χ3n) is 8.44. The summed E-state index contributed by atoms with van der Waals surface area (Å²) in [6.45, 7) is 3.96. The van der Waals surface area contributed by atoms with Crippen LogP contribution in [0, 0.1) is 11.8 Å². The zero-order valence-corrected chi connectivity index (χ0v) is 23.9. The van der Waals surface area contributed by atoms with Crippen LogP contribution in [-0.2, 0) is 46.5 Å². The summed E-state index contributed by atoms with van der Waals surface area (Å²) in [5.41, 5.74) is 2.20. The van der Waals surface area contributed by atoms with E-state index in [0.29, 0.717) is 18.0 Å². The maximum Gasteiger partial charge on any atom is 0.324 e. The minimum Gasteiger partial charge on any atom is -0.465 e. The van der Waals surface area contributed by atoms with Gasteiger partial charge in [-0.25, -0.2) is 4.90 Å². The molecule has 9 heteroatoms. The van der Waals surface area contributed by atoms with Gasteiger partial charge in [0.15, 0.2) is 5.79 Å². The molecule has 0 N–H and O–H groups in total. The highest BCUT2D eigenvalue weighted by Crippen LogP contribution is 2.49. The van der Waals surface area contributed by atoms with Crippen molar-refractivity contribution in [3.8, 4) is 0 Å². The lowest BCUT2D eigenvalue weighted by atomic mass is 9.88. The number of benzene rings is 3. The first-order valence-electron chi connectivity index (χ1n) is 14.5. The highest BCUT2D eigenvalue weighted by Gasteiger charge is 2.66. The number of fused-ring (bicyclic) bond motifs is 2. The Hall–Kier alpha value is -4.31. The first-order valence-corrected chi connectivity index (χ1v) is 14.5. The molecule has 3 aromatic carbocycles. The van der Waals surface area contributed by atoms with Gasteiger partial charge in [-0.3, -0.25) is 19.3 Å². The van der Waals surface area contributed by atoms with E-state index in [0.717, 1.165) is 11.1 Å². The fourth-order valence-corrected chi connectivity index (χ4v) is 6.69. The number of esters is 1. The number of amides is 2. The standard InChI is InChI=1S/C34H32N2O7/c1-34(2)42-25-18-24(41-33(25)43-34)28-26-27(31(38)36(30(26)37)23-16-10-5-11-17-23)29(35(28)19-21-12-6-3-7-13-21)32(39)40-20-22-14-8-4-9-15-22/h3-18,25-29,33H,19-20H2,1-2H3/t25-,26+,27-,28+,29-,33-/m1/s1. The van der Waals surface area contributed by atoms with E-state index in [1.807, 2.05) is 91.6 Å². The summed E-state index contributed by atoms with van der Waals surface area (Å²) in [4.78, 5) is 45.6. The van der Waals surface area contributed by atoms with E-state index in [4.69, 9.17) is 18.9 Å². The van der Waals surface area contributed by atoms with Gasteiger partial charge in [0.05, 0.1) is 23.6 Å². The molecule has 0 bridgehead atoms. The average molecular weight is 581 g/mol. The van der Waals surface area contributed by atoms with Gasteiger partial charge in [-0.2, -0.15) is 0 Å². The van der Waals surface area contributed by atoms with Crippen molar-refractivity contribution >= 4 is 23.5 Å². The average Bonchev–Trinajstić information content (AvgIpc) is 3.69. The Morgan fingerprint density at radius 2 is 1.42 bits per heavy atom. The molecule has 43 heavy (non-hydrogen) atoms. The van der Waals surface area contributed by atoms with E-state index in [-0.39, 0.29) is 12.5 Å². The third-order valence-corrected chi connectivity index (χ3v) is 8.44. The number of nitrogens with zero attached hydrogens (tertiary/aromatic N) is 2. The molecule has 0 radical (unpaired) electrons. The number of carbonyl (C=O) groups is 3. The van der Waals surface area contributed by atoms with Gasteiger partial charge >= 0.3 is 5.97 Å². The van der Waals surface area contributed by atoms with Crippen LogP contribution < -0.4 is 4.90 Å². The number of likely N-dealkylation sites (tertiary alicyclic amines) is 1. The van der Waals surface area contributed by atoms with Crippen LogP contribution in [0.3, 0.4) is 0 Å². The van der Waals surface area contributed by atoms with Crippen LogP contribution in [0.2, 0.25) is 0 Å². The second kappa shape index (κ2) is 10.8. The van der Waals surface area contributed by atoms with Gasteiger partial charge in [-0.05, 0) is 43.2 Å². The van der Waals surface area contributed by atoms with Crippen LogP contribution in [0.25, 0.3) is 0 Å². The highest BCUT2D eigenvalue weighted by molar-refractivity contribution is 6.23. The molecular formula is C34H32N2O7. The van der Waals surface area contributed by atoms with Gasteiger partial charge in [0.1, 0.15) is 24.5 Å². The predicted octanol–water partition coefficient (Wildman–Crippen LogP) is 4.18. The van der Waals surface area contributed by atoms with Crippen molar-refractivity contribution in [2.24, 2.45) is 11.8 Å². The lowest BCUT2D eigenvalue weighted by Crippen LogP contribution is -2.49. The zero-order valence-electron chi connectivity index (χ0n) is 23.9. The molecule has 7 rings (SSSR count). The topological polar surface area (TPSA) is 94.6 Å². The Kier molecular flexibility index (Phi) is 6.88. The van der Waals surface area contributed by atoms with Crippen LogP contribution in [-0.4, -0.2) is 52.9 Å². The summed E-state index contributed by atoms with van der Waals surface area (Å²) in [7, 11) is 0. The first kappa shape index (κ1) is 27.5. The Labute approximate surface area is 249 Å². The fourth-order valence-electron chi connectivity index (χ4n) is 6.69. The van der Waals surface area contributed by atoms with E-state index in [1.165, 1.54) is 4.90 Å². The summed E-state index contributed by atoms with van der Waals surface area (Å²) < 4.78 is 24.1. The molecule has 2 amide bonds. The van der Waals surface area contributed by atoms with E-state index in [9.17, 15) is 14.4 Å². The van der Waals surface area contributed by atoms with Crippen molar-refractivity contribution in [1.29, 1.82) is 0 Å². The monoisotopic (exact) mass is 580 g/mol. The molecular weight excluding hydrogens is 548 g/mol. The largest absolute Gasteiger partial charge is 0.465 e. The molecule has 4 heterocycles. The smallest absolute Gasteiger partial charge is 0.324 e. The maximum atomic E-state index is 14.2. The van der Waals surface area contributed by atoms with Gasteiger partial charge < -0.3 is 18.9 Å². The number of hydrogen-bond acceptors (Lipinski definition) is 8. The number of para-hydroxylation sites is 1. The van der Waals surface area contributed by atoms with E-state index >= 15 is 0 Å². The van der Waals surface area contributed by atoms with Crippen molar-refractivity contribution in [2.75, 3.05) is 4.90 Å². The molecule has 0 unspecified atom stereocenters. The molecule has 3 fully saturated rings. The van der Waals surface area contributed by atoms with Crippen molar-refractivity contribution in [1.82, 2.24) is 4.90 Å². The van der Waals surface area contributed by atoms with Gasteiger partial charge in [-0.15, -0.1) is 0 Å². The van der Waals surface area contributed by atoms with Crippen LogP contribution in [0.15, 0.2) is 103 Å². The SMILES string of the molecule is CC1(C)O[C@H]2OC([C@H]3[C@H]4C(=O)N(c5ccccc5)C(=O)[C@H]4[C@H](C(=O)OCc4ccccc4)N3Cc3ccccc3)=C[C@H]2O1. The zero-order chi connectivity index (χ0) is 29.7. The Morgan fingerprint density at radius 1 is 0.814 bits per heavy atom. The summed E-state index contributed by atoms with van der Waals surface area (Å²) in [6, 6.07) is 26.0. The van der Waals surface area contributed by atoms with Crippen molar-refractivity contribution < 1.29 is 33.3 Å². The second-order valence-corrected chi connectivity index (χ2v) is 11.7. The second-order valence-electron chi connectivity index (χ2n) is 11.7. The minimum atomic E-state index is -1.03. The summed E-state index contributed by atoms with van der Waals surface area (Å²) >= 11 is 0. The molecule has 0 aliphatic carbocycles. The van der Waals surface area contributed by atoms with Crippen molar-refractivity contribution in [3.63, 3.8) is 0 Å². The normalized spacial score (nSPS) is 29.3. The summed E-state index contributed by atoms with van der Waals surface area (Å²) in [5.74, 6) is -3.63. The van der Waals surface area contributed by atoms with Crippen molar-refractivity contribution in [3.05, 3.63) is 114 Å². The number of imide groups is 1. The van der Waals surface area contributed by atoms with Gasteiger partial charge in [0, 0.05) is 6.54 Å². The summed E-state index contributed by atoms with van der Waals surface area (Å²) in [5, 5.41) is 0. The van der Waals surface area contributed by atoms with Crippen molar-refractivity contribution in [2.45, 2.75) is 57.3 Å². The Morgan fingerprint density at radius 3 is 2.07 bits per heavy atom. The molecule has 0 saturated carbocycles. The molecule has 0 spiro atoms. The molecule has 4 aliphatic heterocycles. The number of ether oxygens (including phenoxy) is 4. The minimum absolute atomic E-state index is 0.0437. The fraction of sp³-hybridized carbons (Fsp3) is 0.324. The van der Waals surface area contributed by atoms with Crippen LogP contribution in [0.1, 0.15) is 25.0 Å². The predicted molar refractivity (Wildman–Crippen MR) is 155 cm³/mol. The summed E-state index contributed by atoms with van der Waals surface area (Å²) in [6.07, 6.45) is 0.645. The van der Waals surface area contributed by atoms with Gasteiger partial charge in [0.25, 0.3) is 0 Å². The molecule has 3 saturated heterocycles. The van der Waals surface area contributed by atoms with E-state index in [1.54, 1.807) is 24.3 Å². The lowest BCUT2D eigenvalue weighted by molar-refractivity contribution is -0.184. The Balaban J connectivity index is 1.30.